The molecule has 2 rings (SSSR count). The summed E-state index contributed by atoms with van der Waals surface area (Å²) in [6.07, 6.45) is 2.36. The van der Waals surface area contributed by atoms with E-state index >= 15 is 0 Å². The Balaban J connectivity index is 2.44. The van der Waals surface area contributed by atoms with Gasteiger partial charge < -0.3 is 10.6 Å². The van der Waals surface area contributed by atoms with Gasteiger partial charge in [0.05, 0.1) is 10.6 Å². The molecule has 1 aromatic heterocycles. The Kier molecular flexibility index (Phi) is 5.64. The van der Waals surface area contributed by atoms with Crippen molar-refractivity contribution in [1.29, 1.82) is 0 Å². The zero-order valence-corrected chi connectivity index (χ0v) is 14.1. The highest BCUT2D eigenvalue weighted by Gasteiger charge is 2.25. The highest BCUT2D eigenvalue weighted by molar-refractivity contribution is 7.13. The Bertz CT molecular complexity index is 772. The molecular weight excluding hydrogens is 328 g/mol. The van der Waals surface area contributed by atoms with E-state index in [0.717, 1.165) is 6.42 Å². The number of carbonyl (C=O) groups excluding carboxylic acids is 1. The third-order valence-corrected chi connectivity index (χ3v) is 4.05. The number of hydrogen-bond donors (Lipinski definition) is 1. The van der Waals surface area contributed by atoms with Crippen molar-refractivity contribution in [3.63, 3.8) is 0 Å². The van der Waals surface area contributed by atoms with Crippen LogP contribution in [0, 0.1) is 10.1 Å². The largest absolute Gasteiger partial charge is 0.375 e. The second kappa shape index (κ2) is 7.69. The van der Waals surface area contributed by atoms with E-state index in [-0.39, 0.29) is 17.2 Å². The van der Waals surface area contributed by atoms with E-state index in [1.54, 1.807) is 17.5 Å². The Morgan fingerprint density at radius 3 is 2.83 bits per heavy atom. The summed E-state index contributed by atoms with van der Waals surface area (Å²) in [5, 5.41) is 13.5. The maximum atomic E-state index is 12.6. The summed E-state index contributed by atoms with van der Waals surface area (Å²) >= 11 is 1.25. The molecule has 1 heterocycles. The minimum atomic E-state index is -0.551. The molecule has 0 aliphatic carbocycles. The minimum Gasteiger partial charge on any atom is -0.375 e. The van der Waals surface area contributed by atoms with E-state index in [1.165, 1.54) is 28.4 Å². The fraction of sp³-hybridized carbons (Fsp3) is 0.250. The van der Waals surface area contributed by atoms with Crippen LogP contribution in [0.3, 0.4) is 0 Å². The summed E-state index contributed by atoms with van der Waals surface area (Å²) in [5.41, 5.74) is 6.52. The number of nitro benzene ring substituents is 1. The molecule has 0 radical (unpaired) electrons. The fourth-order valence-electron chi connectivity index (χ4n) is 2.31. The van der Waals surface area contributed by atoms with E-state index in [2.05, 4.69) is 11.6 Å². The standard InChI is InChI=1S/C16H18N4O3S/c1-3-7-19(8-4-2)15(21)12-6-5-11(9-14(12)20(22)23)13-10-24-16(17)18-13/h3,5-6,9-10H,1,4,7-8H2,2H3,(H2,17,18). The van der Waals surface area contributed by atoms with Gasteiger partial charge in [-0.1, -0.05) is 19.1 Å². The molecule has 0 aliphatic rings. The van der Waals surface area contributed by atoms with Crippen LogP contribution in [-0.4, -0.2) is 33.8 Å². The molecule has 8 heteroatoms. The summed E-state index contributed by atoms with van der Waals surface area (Å²) in [4.78, 5) is 29.2. The van der Waals surface area contributed by atoms with E-state index in [4.69, 9.17) is 5.73 Å². The van der Waals surface area contributed by atoms with Gasteiger partial charge in [-0.05, 0) is 12.5 Å². The number of nitrogens with two attached hydrogens (primary N) is 1. The Hall–Kier alpha value is -2.74. The first-order valence-corrected chi connectivity index (χ1v) is 8.25. The van der Waals surface area contributed by atoms with E-state index < -0.39 is 4.92 Å². The van der Waals surface area contributed by atoms with Gasteiger partial charge in [-0.25, -0.2) is 4.98 Å². The number of amides is 1. The number of thiazole rings is 1. The number of anilines is 1. The minimum absolute atomic E-state index is 0.0576. The molecule has 0 aliphatic heterocycles. The predicted octanol–water partition coefficient (Wildman–Crippen LogP) is 3.34. The second-order valence-electron chi connectivity index (χ2n) is 5.10. The topological polar surface area (TPSA) is 102 Å². The van der Waals surface area contributed by atoms with Gasteiger partial charge in [0.15, 0.2) is 5.13 Å². The number of nitrogens with zero attached hydrogens (tertiary/aromatic N) is 3. The monoisotopic (exact) mass is 346 g/mol. The average molecular weight is 346 g/mol. The van der Waals surface area contributed by atoms with Crippen molar-refractivity contribution in [3.8, 4) is 11.3 Å². The normalized spacial score (nSPS) is 10.4. The molecular formula is C16H18N4O3S. The van der Waals surface area contributed by atoms with Crippen LogP contribution in [0.4, 0.5) is 10.8 Å². The molecule has 0 atom stereocenters. The van der Waals surface area contributed by atoms with Crippen molar-refractivity contribution in [3.05, 3.63) is 51.9 Å². The third-order valence-electron chi connectivity index (χ3n) is 3.37. The summed E-state index contributed by atoms with van der Waals surface area (Å²) in [6.45, 7) is 6.41. The molecule has 7 nitrogen and oxygen atoms in total. The fourth-order valence-corrected chi connectivity index (χ4v) is 2.89. The van der Waals surface area contributed by atoms with Gasteiger partial charge in [0.2, 0.25) is 0 Å². The van der Waals surface area contributed by atoms with Crippen LogP contribution < -0.4 is 5.73 Å². The number of carbonyl (C=O) groups is 1. The van der Waals surface area contributed by atoms with Gasteiger partial charge in [0.1, 0.15) is 5.56 Å². The van der Waals surface area contributed by atoms with Crippen LogP contribution in [0.1, 0.15) is 23.7 Å². The molecule has 2 N–H and O–H groups in total. The summed E-state index contributed by atoms with van der Waals surface area (Å²) < 4.78 is 0. The van der Waals surface area contributed by atoms with Crippen molar-refractivity contribution in [1.82, 2.24) is 9.88 Å². The van der Waals surface area contributed by atoms with Crippen molar-refractivity contribution in [2.24, 2.45) is 0 Å². The molecule has 24 heavy (non-hydrogen) atoms. The average Bonchev–Trinajstić information content (AvgIpc) is 3.00. The van der Waals surface area contributed by atoms with Crippen LogP contribution >= 0.6 is 11.3 Å². The number of nitro groups is 1. The number of rotatable bonds is 7. The summed E-state index contributed by atoms with van der Waals surface area (Å²) in [7, 11) is 0. The lowest BCUT2D eigenvalue weighted by Gasteiger charge is -2.20. The zero-order valence-electron chi connectivity index (χ0n) is 13.3. The Morgan fingerprint density at radius 1 is 1.54 bits per heavy atom. The molecule has 126 valence electrons. The van der Waals surface area contributed by atoms with Gasteiger partial charge in [-0.15, -0.1) is 17.9 Å². The third kappa shape index (κ3) is 3.77. The summed E-state index contributed by atoms with van der Waals surface area (Å²) in [6, 6.07) is 4.48. The molecule has 0 saturated heterocycles. The van der Waals surface area contributed by atoms with Crippen LogP contribution in [0.15, 0.2) is 36.2 Å². The quantitative estimate of drug-likeness (QED) is 0.470. The van der Waals surface area contributed by atoms with Gasteiger partial charge in [-0.2, -0.15) is 0 Å². The molecule has 0 fully saturated rings. The maximum absolute atomic E-state index is 12.6. The molecule has 0 spiro atoms. The number of hydrogen-bond acceptors (Lipinski definition) is 6. The predicted molar refractivity (Wildman–Crippen MR) is 95.0 cm³/mol. The SMILES string of the molecule is C=CCN(CCC)C(=O)c1ccc(-c2csc(N)n2)cc1[N+](=O)[O-]. The maximum Gasteiger partial charge on any atom is 0.282 e. The van der Waals surface area contributed by atoms with Crippen LogP contribution in [0.2, 0.25) is 0 Å². The smallest absolute Gasteiger partial charge is 0.282 e. The molecule has 0 saturated carbocycles. The van der Waals surface area contributed by atoms with Crippen molar-refractivity contribution in [2.45, 2.75) is 13.3 Å². The molecule has 1 amide bonds. The molecule has 0 unspecified atom stereocenters. The van der Waals surface area contributed by atoms with Gasteiger partial charge in [-0.3, -0.25) is 14.9 Å². The first-order chi connectivity index (χ1) is 11.5. The van der Waals surface area contributed by atoms with Crippen LogP contribution in [0.25, 0.3) is 11.3 Å². The van der Waals surface area contributed by atoms with E-state index in [0.29, 0.717) is 29.5 Å². The first-order valence-electron chi connectivity index (χ1n) is 7.37. The van der Waals surface area contributed by atoms with Crippen molar-refractivity contribution < 1.29 is 9.72 Å². The van der Waals surface area contributed by atoms with Crippen LogP contribution in [-0.2, 0) is 0 Å². The highest BCUT2D eigenvalue weighted by atomic mass is 32.1. The Morgan fingerprint density at radius 2 is 2.29 bits per heavy atom. The van der Waals surface area contributed by atoms with Gasteiger partial charge in [0.25, 0.3) is 11.6 Å². The number of aromatic nitrogens is 1. The van der Waals surface area contributed by atoms with E-state index in [9.17, 15) is 14.9 Å². The van der Waals surface area contributed by atoms with Gasteiger partial charge >= 0.3 is 0 Å². The highest BCUT2D eigenvalue weighted by Crippen LogP contribution is 2.29. The van der Waals surface area contributed by atoms with Gasteiger partial charge in [0, 0.05) is 30.1 Å². The first kappa shape index (κ1) is 17.6. The molecule has 2 aromatic rings. The van der Waals surface area contributed by atoms with Crippen molar-refractivity contribution in [2.75, 3.05) is 18.8 Å². The summed E-state index contributed by atoms with van der Waals surface area (Å²) in [5.74, 6) is -0.382. The number of nitrogen functional groups attached to an aromatic ring is 1. The lowest BCUT2D eigenvalue weighted by Crippen LogP contribution is -2.32. The molecule has 0 bridgehead atoms. The van der Waals surface area contributed by atoms with E-state index in [1.807, 2.05) is 6.92 Å². The lowest BCUT2D eigenvalue weighted by atomic mass is 10.1. The molecule has 1 aromatic carbocycles. The van der Waals surface area contributed by atoms with Crippen LogP contribution in [0.5, 0.6) is 0 Å². The number of benzene rings is 1. The van der Waals surface area contributed by atoms with Crippen molar-refractivity contribution >= 4 is 28.1 Å². The lowest BCUT2D eigenvalue weighted by molar-refractivity contribution is -0.385. The second-order valence-corrected chi connectivity index (χ2v) is 5.99. The zero-order chi connectivity index (χ0) is 17.7. The Labute approximate surface area is 143 Å².